The largest absolute Gasteiger partial charge is 0.319 e. The maximum atomic E-state index is 12.5. The van der Waals surface area contributed by atoms with Gasteiger partial charge < -0.3 is 5.32 Å². The minimum Gasteiger partial charge on any atom is -0.319 e. The number of nitrogens with zero attached hydrogens (tertiary/aromatic N) is 3. The van der Waals surface area contributed by atoms with E-state index < -0.39 is 0 Å². The molecule has 0 aliphatic rings. The molecule has 1 aromatic carbocycles. The van der Waals surface area contributed by atoms with Gasteiger partial charge in [-0.05, 0) is 43.2 Å². The molecule has 0 atom stereocenters. The molecule has 5 nitrogen and oxygen atoms in total. The van der Waals surface area contributed by atoms with E-state index in [9.17, 15) is 4.79 Å². The summed E-state index contributed by atoms with van der Waals surface area (Å²) in [6.45, 7) is 4.10. The molecule has 0 fully saturated rings. The molecular formula is C16H15ClN4OS. The van der Waals surface area contributed by atoms with Gasteiger partial charge in [-0.3, -0.25) is 4.79 Å². The van der Waals surface area contributed by atoms with Crippen molar-refractivity contribution in [2.75, 3.05) is 5.32 Å². The molecule has 0 unspecified atom stereocenters. The fourth-order valence-corrected chi connectivity index (χ4v) is 3.49. The monoisotopic (exact) mass is 346 g/mol. The van der Waals surface area contributed by atoms with Crippen LogP contribution >= 0.6 is 22.9 Å². The van der Waals surface area contributed by atoms with Gasteiger partial charge in [0, 0.05) is 9.90 Å². The van der Waals surface area contributed by atoms with E-state index in [0.29, 0.717) is 21.3 Å². The second kappa shape index (κ2) is 6.52. The third kappa shape index (κ3) is 3.28. The molecule has 1 N–H and O–H groups in total. The highest BCUT2D eigenvalue weighted by atomic mass is 35.5. The second-order valence-corrected chi connectivity index (χ2v) is 6.60. The lowest BCUT2D eigenvalue weighted by molar-refractivity contribution is 0.103. The minimum atomic E-state index is -0.151. The zero-order chi connectivity index (χ0) is 16.4. The Labute approximate surface area is 142 Å². The number of benzene rings is 1. The number of halogens is 1. The SMILES string of the molecule is CCc1sc(C(=O)Nc2cc(Cl)ccc2-n2cncn2)cc1C. The highest BCUT2D eigenvalue weighted by Crippen LogP contribution is 2.27. The van der Waals surface area contributed by atoms with Gasteiger partial charge in [-0.15, -0.1) is 11.3 Å². The first-order valence-corrected chi connectivity index (χ1v) is 8.33. The smallest absolute Gasteiger partial charge is 0.265 e. The lowest BCUT2D eigenvalue weighted by Gasteiger charge is -2.10. The zero-order valence-electron chi connectivity index (χ0n) is 12.7. The summed E-state index contributed by atoms with van der Waals surface area (Å²) in [6.07, 6.45) is 3.94. The average Bonchev–Trinajstić information content (AvgIpc) is 3.16. The molecule has 23 heavy (non-hydrogen) atoms. The van der Waals surface area contributed by atoms with Crippen LogP contribution in [0, 0.1) is 6.92 Å². The van der Waals surface area contributed by atoms with Crippen molar-refractivity contribution in [3.05, 3.63) is 57.3 Å². The molecule has 1 amide bonds. The van der Waals surface area contributed by atoms with Crippen LogP contribution in [-0.4, -0.2) is 20.7 Å². The van der Waals surface area contributed by atoms with Crippen LogP contribution in [0.5, 0.6) is 0 Å². The topological polar surface area (TPSA) is 59.8 Å². The Morgan fingerprint density at radius 2 is 2.22 bits per heavy atom. The standard InChI is InChI=1S/C16H15ClN4OS/c1-3-14-10(2)6-15(23-14)16(22)20-12-7-11(17)4-5-13(12)21-9-18-8-19-21/h4-9H,3H2,1-2H3,(H,20,22). The molecule has 0 bridgehead atoms. The van der Waals surface area contributed by atoms with Crippen LogP contribution in [0.3, 0.4) is 0 Å². The Kier molecular flexibility index (Phi) is 4.45. The lowest BCUT2D eigenvalue weighted by atomic mass is 10.2. The summed E-state index contributed by atoms with van der Waals surface area (Å²) in [5, 5.41) is 7.56. The van der Waals surface area contributed by atoms with Crippen LogP contribution in [0.2, 0.25) is 5.02 Å². The van der Waals surface area contributed by atoms with Gasteiger partial charge in [0.2, 0.25) is 0 Å². The number of aromatic nitrogens is 3. The molecule has 0 saturated heterocycles. The highest BCUT2D eigenvalue weighted by Gasteiger charge is 2.15. The average molecular weight is 347 g/mol. The molecule has 0 radical (unpaired) electrons. The number of hydrogen-bond acceptors (Lipinski definition) is 4. The van der Waals surface area contributed by atoms with Crippen molar-refractivity contribution < 1.29 is 4.79 Å². The Bertz CT molecular complexity index is 842. The van der Waals surface area contributed by atoms with Crippen molar-refractivity contribution in [3.8, 4) is 5.69 Å². The molecule has 0 saturated carbocycles. The zero-order valence-corrected chi connectivity index (χ0v) is 14.3. The Morgan fingerprint density at radius 1 is 1.39 bits per heavy atom. The molecule has 0 aliphatic carbocycles. The van der Waals surface area contributed by atoms with Gasteiger partial charge in [-0.25, -0.2) is 9.67 Å². The first kappa shape index (κ1) is 15.7. The summed E-state index contributed by atoms with van der Waals surface area (Å²) in [5.74, 6) is -0.151. The Hall–Kier alpha value is -2.18. The number of carbonyl (C=O) groups excluding carboxylic acids is 1. The quantitative estimate of drug-likeness (QED) is 0.773. The number of aryl methyl sites for hydroxylation is 2. The number of hydrogen-bond donors (Lipinski definition) is 1. The number of anilines is 1. The summed E-state index contributed by atoms with van der Waals surface area (Å²) in [5.41, 5.74) is 2.45. The van der Waals surface area contributed by atoms with Crippen molar-refractivity contribution in [1.82, 2.24) is 14.8 Å². The summed E-state index contributed by atoms with van der Waals surface area (Å²) in [7, 11) is 0. The van der Waals surface area contributed by atoms with Crippen LogP contribution in [0.25, 0.3) is 5.69 Å². The first-order valence-electron chi connectivity index (χ1n) is 7.13. The molecule has 3 aromatic rings. The van der Waals surface area contributed by atoms with E-state index in [1.54, 1.807) is 29.2 Å². The van der Waals surface area contributed by atoms with Gasteiger partial charge in [0.1, 0.15) is 12.7 Å². The number of carbonyl (C=O) groups is 1. The molecule has 0 spiro atoms. The van der Waals surface area contributed by atoms with Gasteiger partial charge in [-0.2, -0.15) is 5.10 Å². The lowest BCUT2D eigenvalue weighted by Crippen LogP contribution is -2.12. The third-order valence-corrected chi connectivity index (χ3v) is 5.05. The van der Waals surface area contributed by atoms with Crippen LogP contribution in [-0.2, 0) is 6.42 Å². The van der Waals surface area contributed by atoms with Gasteiger partial charge in [0.05, 0.1) is 16.3 Å². The Balaban J connectivity index is 1.92. The van der Waals surface area contributed by atoms with E-state index in [-0.39, 0.29) is 5.91 Å². The van der Waals surface area contributed by atoms with Crippen LogP contribution in [0.4, 0.5) is 5.69 Å². The number of amides is 1. The normalized spacial score (nSPS) is 10.7. The fraction of sp³-hybridized carbons (Fsp3) is 0.188. The molecule has 2 aromatic heterocycles. The number of nitrogens with one attached hydrogen (secondary N) is 1. The van der Waals surface area contributed by atoms with Gasteiger partial charge in [0.15, 0.2) is 0 Å². The second-order valence-electron chi connectivity index (χ2n) is 5.03. The van der Waals surface area contributed by atoms with Crippen molar-refractivity contribution in [3.63, 3.8) is 0 Å². The predicted molar refractivity (Wildman–Crippen MR) is 92.8 cm³/mol. The first-order chi connectivity index (χ1) is 11.1. The van der Waals surface area contributed by atoms with E-state index in [4.69, 9.17) is 11.6 Å². The van der Waals surface area contributed by atoms with Gasteiger partial charge in [-0.1, -0.05) is 18.5 Å². The van der Waals surface area contributed by atoms with E-state index in [1.807, 2.05) is 13.0 Å². The van der Waals surface area contributed by atoms with Crippen LogP contribution in [0.1, 0.15) is 27.0 Å². The van der Waals surface area contributed by atoms with Crippen molar-refractivity contribution in [2.24, 2.45) is 0 Å². The molecule has 2 heterocycles. The van der Waals surface area contributed by atoms with Gasteiger partial charge in [0.25, 0.3) is 5.91 Å². The van der Waals surface area contributed by atoms with E-state index >= 15 is 0 Å². The summed E-state index contributed by atoms with van der Waals surface area (Å²) >= 11 is 7.58. The summed E-state index contributed by atoms with van der Waals surface area (Å²) < 4.78 is 1.59. The molecule has 0 aliphatic heterocycles. The number of rotatable bonds is 4. The molecule has 3 rings (SSSR count). The predicted octanol–water partition coefficient (Wildman–Crippen LogP) is 4.11. The van der Waals surface area contributed by atoms with E-state index in [0.717, 1.165) is 12.0 Å². The molecular weight excluding hydrogens is 332 g/mol. The maximum Gasteiger partial charge on any atom is 0.265 e. The summed E-state index contributed by atoms with van der Waals surface area (Å²) in [4.78, 5) is 18.4. The van der Waals surface area contributed by atoms with Gasteiger partial charge >= 0.3 is 0 Å². The van der Waals surface area contributed by atoms with Crippen molar-refractivity contribution in [1.29, 1.82) is 0 Å². The van der Waals surface area contributed by atoms with Crippen molar-refractivity contribution in [2.45, 2.75) is 20.3 Å². The minimum absolute atomic E-state index is 0.151. The highest BCUT2D eigenvalue weighted by molar-refractivity contribution is 7.14. The third-order valence-electron chi connectivity index (χ3n) is 3.44. The van der Waals surface area contributed by atoms with E-state index in [1.165, 1.54) is 22.5 Å². The Morgan fingerprint density at radius 3 is 2.87 bits per heavy atom. The number of thiophene rings is 1. The van der Waals surface area contributed by atoms with Crippen LogP contribution in [0.15, 0.2) is 36.9 Å². The molecule has 7 heteroatoms. The van der Waals surface area contributed by atoms with Crippen LogP contribution < -0.4 is 5.32 Å². The van der Waals surface area contributed by atoms with E-state index in [2.05, 4.69) is 22.3 Å². The fourth-order valence-electron chi connectivity index (χ4n) is 2.31. The van der Waals surface area contributed by atoms with Crippen molar-refractivity contribution >= 4 is 34.5 Å². The summed E-state index contributed by atoms with van der Waals surface area (Å²) in [6, 6.07) is 7.17. The molecule has 118 valence electrons. The maximum absolute atomic E-state index is 12.5.